The molecular weight excluding hydrogens is 338 g/mol. The number of rotatable bonds is 10. The maximum atomic E-state index is 12.6. The Balaban J connectivity index is 2.15. The zero-order valence-corrected chi connectivity index (χ0v) is 16.7. The molecule has 2 aromatic carbocycles. The minimum atomic E-state index is -0.660. The molecule has 0 aliphatic heterocycles. The minimum absolute atomic E-state index is 0.0959. The maximum absolute atomic E-state index is 12.6. The van der Waals surface area contributed by atoms with Gasteiger partial charge in [0.25, 0.3) is 0 Å². The van der Waals surface area contributed by atoms with Gasteiger partial charge >= 0.3 is 5.97 Å². The van der Waals surface area contributed by atoms with Crippen LogP contribution in [0.4, 0.5) is 0 Å². The number of carbonyl (C=O) groups excluding carboxylic acids is 2. The molecule has 0 heterocycles. The normalized spacial score (nSPS) is 12.1. The van der Waals surface area contributed by atoms with Gasteiger partial charge in [-0.3, -0.25) is 4.79 Å². The van der Waals surface area contributed by atoms with Crippen LogP contribution in [0, 0.1) is 5.92 Å². The minimum Gasteiger partial charge on any atom is -0.464 e. The van der Waals surface area contributed by atoms with E-state index in [0.717, 1.165) is 35.6 Å². The molecular formula is C23H31NO3. The van der Waals surface area contributed by atoms with Gasteiger partial charge in [0.2, 0.25) is 5.91 Å². The third kappa shape index (κ3) is 6.70. The van der Waals surface area contributed by atoms with Crippen molar-refractivity contribution in [1.29, 1.82) is 0 Å². The first-order chi connectivity index (χ1) is 13.0. The molecule has 1 amide bonds. The fourth-order valence-corrected chi connectivity index (χ4v) is 2.99. The highest BCUT2D eigenvalue weighted by Crippen LogP contribution is 2.20. The average molecular weight is 370 g/mol. The van der Waals surface area contributed by atoms with Crippen molar-refractivity contribution in [2.45, 2.75) is 58.9 Å². The predicted molar refractivity (Wildman–Crippen MR) is 110 cm³/mol. The summed E-state index contributed by atoms with van der Waals surface area (Å²) in [5.41, 5.74) is 1.04. The first kappa shape index (κ1) is 20.9. The Morgan fingerprint density at radius 2 is 1.81 bits per heavy atom. The molecule has 0 saturated heterocycles. The summed E-state index contributed by atoms with van der Waals surface area (Å²) in [6.45, 7) is 6.61. The number of esters is 1. The molecule has 0 bridgehead atoms. The lowest BCUT2D eigenvalue weighted by atomic mass is 9.98. The second kappa shape index (κ2) is 10.7. The first-order valence-corrected chi connectivity index (χ1v) is 9.94. The van der Waals surface area contributed by atoms with Gasteiger partial charge in [-0.25, -0.2) is 4.79 Å². The van der Waals surface area contributed by atoms with E-state index >= 15 is 0 Å². The number of hydrogen-bond donors (Lipinski definition) is 1. The molecule has 0 aromatic heterocycles. The Labute approximate surface area is 162 Å². The van der Waals surface area contributed by atoms with Crippen LogP contribution >= 0.6 is 0 Å². The van der Waals surface area contributed by atoms with E-state index in [1.165, 1.54) is 0 Å². The predicted octanol–water partition coefficient (Wildman–Crippen LogP) is 4.65. The summed E-state index contributed by atoms with van der Waals surface area (Å²) >= 11 is 0. The molecule has 146 valence electrons. The quantitative estimate of drug-likeness (QED) is 0.490. The molecule has 1 atom stereocenters. The highest BCUT2D eigenvalue weighted by atomic mass is 16.5. The van der Waals surface area contributed by atoms with Gasteiger partial charge < -0.3 is 10.1 Å². The maximum Gasteiger partial charge on any atom is 0.328 e. The molecule has 2 rings (SSSR count). The van der Waals surface area contributed by atoms with E-state index in [1.54, 1.807) is 0 Å². The smallest absolute Gasteiger partial charge is 0.328 e. The number of benzene rings is 2. The molecule has 0 spiro atoms. The summed E-state index contributed by atoms with van der Waals surface area (Å²) in [6, 6.07) is 13.5. The highest BCUT2D eigenvalue weighted by molar-refractivity contribution is 5.88. The Kier molecular flexibility index (Phi) is 8.31. The molecule has 2 aromatic rings. The lowest BCUT2D eigenvalue weighted by Crippen LogP contribution is -2.43. The van der Waals surface area contributed by atoms with Gasteiger partial charge in [0.15, 0.2) is 0 Å². The number of amides is 1. The SMILES string of the molecule is CCCCOC(=O)[C@H](Cc1cccc2ccccc12)NC(=O)CCC(C)C. The Hall–Kier alpha value is -2.36. The van der Waals surface area contributed by atoms with E-state index in [1.807, 2.05) is 30.3 Å². The van der Waals surface area contributed by atoms with E-state index in [0.29, 0.717) is 25.4 Å². The molecule has 0 aliphatic rings. The second-order valence-electron chi connectivity index (χ2n) is 7.42. The van der Waals surface area contributed by atoms with Gasteiger partial charge in [-0.15, -0.1) is 0 Å². The van der Waals surface area contributed by atoms with Crippen molar-refractivity contribution in [3.63, 3.8) is 0 Å². The summed E-state index contributed by atoms with van der Waals surface area (Å²) < 4.78 is 5.40. The van der Waals surface area contributed by atoms with E-state index in [2.05, 4.69) is 38.2 Å². The number of hydrogen-bond acceptors (Lipinski definition) is 3. The molecule has 0 unspecified atom stereocenters. The van der Waals surface area contributed by atoms with Gasteiger partial charge in [0.1, 0.15) is 6.04 Å². The van der Waals surface area contributed by atoms with Crippen LogP contribution in [0.2, 0.25) is 0 Å². The van der Waals surface area contributed by atoms with E-state index in [4.69, 9.17) is 4.74 Å². The molecule has 0 radical (unpaired) electrons. The molecule has 0 fully saturated rings. The van der Waals surface area contributed by atoms with E-state index in [9.17, 15) is 9.59 Å². The van der Waals surface area contributed by atoms with Crippen molar-refractivity contribution in [1.82, 2.24) is 5.32 Å². The van der Waals surface area contributed by atoms with Crippen LogP contribution in [0.5, 0.6) is 0 Å². The second-order valence-corrected chi connectivity index (χ2v) is 7.42. The van der Waals surface area contributed by atoms with Gasteiger partial charge in [0.05, 0.1) is 6.61 Å². The molecule has 0 aliphatic carbocycles. The highest BCUT2D eigenvalue weighted by Gasteiger charge is 2.23. The van der Waals surface area contributed by atoms with Crippen LogP contribution in [-0.2, 0) is 20.7 Å². The summed E-state index contributed by atoms with van der Waals surface area (Å²) in [4.78, 5) is 24.9. The summed E-state index contributed by atoms with van der Waals surface area (Å²) in [5.74, 6) is -0.000526. The van der Waals surface area contributed by atoms with Gasteiger partial charge in [0, 0.05) is 12.8 Å². The van der Waals surface area contributed by atoms with Crippen LogP contribution in [0.3, 0.4) is 0 Å². The van der Waals surface area contributed by atoms with Crippen LogP contribution < -0.4 is 5.32 Å². The van der Waals surface area contributed by atoms with E-state index < -0.39 is 6.04 Å². The summed E-state index contributed by atoms with van der Waals surface area (Å²) in [5, 5.41) is 5.12. The van der Waals surface area contributed by atoms with Crippen LogP contribution in [0.15, 0.2) is 42.5 Å². The number of fused-ring (bicyclic) bond motifs is 1. The fraction of sp³-hybridized carbons (Fsp3) is 0.478. The zero-order chi connectivity index (χ0) is 19.6. The molecule has 4 nitrogen and oxygen atoms in total. The Bertz CT molecular complexity index is 749. The summed E-state index contributed by atoms with van der Waals surface area (Å²) in [6.07, 6.45) is 3.44. The third-order valence-electron chi connectivity index (χ3n) is 4.61. The average Bonchev–Trinajstić information content (AvgIpc) is 2.66. The number of ether oxygens (including phenoxy) is 1. The monoisotopic (exact) mass is 369 g/mol. The molecule has 0 saturated carbocycles. The third-order valence-corrected chi connectivity index (χ3v) is 4.61. The van der Waals surface area contributed by atoms with Gasteiger partial charge in [-0.2, -0.15) is 0 Å². The lowest BCUT2D eigenvalue weighted by molar-refractivity contribution is -0.148. The molecule has 4 heteroatoms. The lowest BCUT2D eigenvalue weighted by Gasteiger charge is -2.19. The number of unbranched alkanes of at least 4 members (excludes halogenated alkanes) is 1. The number of carbonyl (C=O) groups is 2. The van der Waals surface area contributed by atoms with Crippen LogP contribution in [0.1, 0.15) is 52.0 Å². The molecule has 1 N–H and O–H groups in total. The Morgan fingerprint density at radius 1 is 1.07 bits per heavy atom. The van der Waals surface area contributed by atoms with Crippen molar-refractivity contribution in [3.8, 4) is 0 Å². The van der Waals surface area contributed by atoms with Crippen molar-refractivity contribution in [2.75, 3.05) is 6.61 Å². The van der Waals surface area contributed by atoms with Crippen LogP contribution in [0.25, 0.3) is 10.8 Å². The Morgan fingerprint density at radius 3 is 2.56 bits per heavy atom. The van der Waals surface area contributed by atoms with Gasteiger partial charge in [-0.1, -0.05) is 69.7 Å². The first-order valence-electron chi connectivity index (χ1n) is 9.94. The van der Waals surface area contributed by atoms with E-state index in [-0.39, 0.29) is 11.9 Å². The van der Waals surface area contributed by atoms with Gasteiger partial charge in [-0.05, 0) is 35.1 Å². The summed E-state index contributed by atoms with van der Waals surface area (Å²) in [7, 11) is 0. The van der Waals surface area contributed by atoms with Crippen LogP contribution in [-0.4, -0.2) is 24.5 Å². The molecule has 27 heavy (non-hydrogen) atoms. The number of nitrogens with one attached hydrogen (secondary N) is 1. The van der Waals surface area contributed by atoms with Crippen molar-refractivity contribution < 1.29 is 14.3 Å². The fourth-order valence-electron chi connectivity index (χ4n) is 2.99. The zero-order valence-electron chi connectivity index (χ0n) is 16.7. The topological polar surface area (TPSA) is 55.4 Å². The van der Waals surface area contributed by atoms with Crippen molar-refractivity contribution >= 4 is 22.6 Å². The van der Waals surface area contributed by atoms with Crippen molar-refractivity contribution in [3.05, 3.63) is 48.0 Å². The van der Waals surface area contributed by atoms with Crippen molar-refractivity contribution in [2.24, 2.45) is 5.92 Å². The largest absolute Gasteiger partial charge is 0.464 e. The standard InChI is InChI=1S/C23H31NO3/c1-4-5-15-27-23(26)21(24-22(25)14-13-17(2)3)16-19-11-8-10-18-9-6-7-12-20(18)19/h6-12,17,21H,4-5,13-16H2,1-3H3,(H,24,25)/t21-/m0/s1.